The highest BCUT2D eigenvalue weighted by atomic mass is 15.3. The topological polar surface area (TPSA) is 43.2 Å². The highest BCUT2D eigenvalue weighted by Crippen LogP contribution is 2.21. The molecule has 0 spiro atoms. The minimum atomic E-state index is -0.187. The van der Waals surface area contributed by atoms with Crippen molar-refractivity contribution >= 4 is 0 Å². The van der Waals surface area contributed by atoms with Crippen molar-refractivity contribution in [2.45, 2.75) is 12.6 Å². The molecule has 0 radical (unpaired) electrons. The van der Waals surface area contributed by atoms with Crippen LogP contribution in [0.5, 0.6) is 0 Å². The third kappa shape index (κ3) is 3.51. The summed E-state index contributed by atoms with van der Waals surface area (Å²) in [6.45, 7) is 4.80. The van der Waals surface area contributed by atoms with Gasteiger partial charge in [-0.25, -0.2) is 0 Å². The first-order valence-electron chi connectivity index (χ1n) is 7.66. The van der Waals surface area contributed by atoms with Crippen LogP contribution in [0.1, 0.15) is 17.2 Å². The zero-order chi connectivity index (χ0) is 15.2. The number of pyridine rings is 1. The number of piperazine rings is 1. The standard InChI is InChI=1S/C18H20N4/c19-13-18(17-7-4-8-20-14-17)22-11-9-21(10-12-22)15-16-5-2-1-3-6-16/h1-8,14,18H,9-12,15H2/t18-/m0/s1. The molecule has 1 fully saturated rings. The molecule has 0 bridgehead atoms. The molecule has 1 atom stereocenters. The summed E-state index contributed by atoms with van der Waals surface area (Å²) >= 11 is 0. The van der Waals surface area contributed by atoms with Gasteiger partial charge in [-0.05, 0) is 11.6 Å². The predicted octanol–water partition coefficient (Wildman–Crippen LogP) is 2.46. The quantitative estimate of drug-likeness (QED) is 0.868. The summed E-state index contributed by atoms with van der Waals surface area (Å²) < 4.78 is 0. The summed E-state index contributed by atoms with van der Waals surface area (Å²) in [4.78, 5) is 8.83. The molecule has 1 aliphatic rings. The van der Waals surface area contributed by atoms with Gasteiger partial charge in [0.1, 0.15) is 6.04 Å². The van der Waals surface area contributed by atoms with E-state index < -0.39 is 0 Å². The molecule has 0 N–H and O–H groups in total. The molecule has 4 nitrogen and oxygen atoms in total. The molecule has 1 aliphatic heterocycles. The molecule has 22 heavy (non-hydrogen) atoms. The van der Waals surface area contributed by atoms with Crippen LogP contribution in [-0.2, 0) is 6.54 Å². The minimum Gasteiger partial charge on any atom is -0.297 e. The first-order chi connectivity index (χ1) is 10.9. The molecule has 112 valence electrons. The smallest absolute Gasteiger partial charge is 0.125 e. The molecule has 1 saturated heterocycles. The summed E-state index contributed by atoms with van der Waals surface area (Å²) in [5.74, 6) is 0. The van der Waals surface area contributed by atoms with Gasteiger partial charge in [0, 0.05) is 50.7 Å². The van der Waals surface area contributed by atoms with E-state index in [1.165, 1.54) is 5.56 Å². The second-order valence-electron chi connectivity index (χ2n) is 5.62. The molecular weight excluding hydrogens is 272 g/mol. The van der Waals surface area contributed by atoms with Crippen LogP contribution < -0.4 is 0 Å². The highest BCUT2D eigenvalue weighted by Gasteiger charge is 2.24. The molecule has 1 aromatic heterocycles. The highest BCUT2D eigenvalue weighted by molar-refractivity contribution is 5.21. The molecule has 3 rings (SSSR count). The Morgan fingerprint density at radius 1 is 1.05 bits per heavy atom. The number of nitriles is 1. The Morgan fingerprint density at radius 3 is 2.45 bits per heavy atom. The van der Waals surface area contributed by atoms with Crippen LogP contribution in [0.2, 0.25) is 0 Å². The van der Waals surface area contributed by atoms with Gasteiger partial charge in [0.05, 0.1) is 6.07 Å². The first-order valence-corrected chi connectivity index (χ1v) is 7.66. The Kier molecular flexibility index (Phi) is 4.79. The van der Waals surface area contributed by atoms with Crippen LogP contribution >= 0.6 is 0 Å². The number of aromatic nitrogens is 1. The Balaban J connectivity index is 1.58. The fourth-order valence-electron chi connectivity index (χ4n) is 2.93. The molecule has 0 unspecified atom stereocenters. The van der Waals surface area contributed by atoms with Crippen molar-refractivity contribution in [1.82, 2.24) is 14.8 Å². The van der Waals surface area contributed by atoms with E-state index in [1.54, 1.807) is 12.4 Å². The van der Waals surface area contributed by atoms with Crippen molar-refractivity contribution < 1.29 is 0 Å². The Morgan fingerprint density at radius 2 is 1.82 bits per heavy atom. The van der Waals surface area contributed by atoms with E-state index in [1.807, 2.05) is 18.2 Å². The average Bonchev–Trinajstić information content (AvgIpc) is 2.59. The summed E-state index contributed by atoms with van der Waals surface area (Å²) in [5.41, 5.74) is 2.33. The molecule has 2 heterocycles. The molecule has 1 aromatic carbocycles. The largest absolute Gasteiger partial charge is 0.297 e. The number of nitrogens with zero attached hydrogens (tertiary/aromatic N) is 4. The molecule has 0 saturated carbocycles. The van der Waals surface area contributed by atoms with Crippen LogP contribution in [0.25, 0.3) is 0 Å². The van der Waals surface area contributed by atoms with Crippen molar-refractivity contribution in [3.63, 3.8) is 0 Å². The maximum atomic E-state index is 9.50. The van der Waals surface area contributed by atoms with E-state index in [0.29, 0.717) is 0 Å². The van der Waals surface area contributed by atoms with Gasteiger partial charge < -0.3 is 0 Å². The van der Waals surface area contributed by atoms with Crippen LogP contribution in [0.4, 0.5) is 0 Å². The maximum absolute atomic E-state index is 9.50. The Labute approximate surface area is 131 Å². The van der Waals surface area contributed by atoms with E-state index >= 15 is 0 Å². The minimum absolute atomic E-state index is 0.187. The van der Waals surface area contributed by atoms with Gasteiger partial charge in [0.25, 0.3) is 0 Å². The van der Waals surface area contributed by atoms with Crippen molar-refractivity contribution in [1.29, 1.82) is 5.26 Å². The SMILES string of the molecule is N#C[C@@H](c1cccnc1)N1CCN(Cc2ccccc2)CC1. The van der Waals surface area contributed by atoms with E-state index in [0.717, 1.165) is 38.3 Å². The number of hydrogen-bond donors (Lipinski definition) is 0. The molecule has 4 heteroatoms. The summed E-state index contributed by atoms with van der Waals surface area (Å²) in [6.07, 6.45) is 3.54. The molecular formula is C18H20N4. The van der Waals surface area contributed by atoms with E-state index in [-0.39, 0.29) is 6.04 Å². The van der Waals surface area contributed by atoms with Gasteiger partial charge in [-0.1, -0.05) is 36.4 Å². The lowest BCUT2D eigenvalue weighted by atomic mass is 10.1. The molecule has 2 aromatic rings. The van der Waals surface area contributed by atoms with Crippen molar-refractivity contribution in [3.8, 4) is 6.07 Å². The van der Waals surface area contributed by atoms with E-state index in [4.69, 9.17) is 0 Å². The maximum Gasteiger partial charge on any atom is 0.125 e. The van der Waals surface area contributed by atoms with Crippen LogP contribution in [0, 0.1) is 11.3 Å². The lowest BCUT2D eigenvalue weighted by molar-refractivity contribution is 0.109. The van der Waals surface area contributed by atoms with Crippen LogP contribution in [-0.4, -0.2) is 41.0 Å². The van der Waals surface area contributed by atoms with Crippen molar-refractivity contribution in [3.05, 3.63) is 66.0 Å². The third-order valence-electron chi connectivity index (χ3n) is 4.14. The lowest BCUT2D eigenvalue weighted by Gasteiger charge is -2.36. The molecule has 0 aliphatic carbocycles. The number of hydrogen-bond acceptors (Lipinski definition) is 4. The number of benzene rings is 1. The zero-order valence-corrected chi connectivity index (χ0v) is 12.6. The monoisotopic (exact) mass is 292 g/mol. The Hall–Kier alpha value is -2.22. The van der Waals surface area contributed by atoms with Crippen LogP contribution in [0.15, 0.2) is 54.9 Å². The van der Waals surface area contributed by atoms with Crippen LogP contribution in [0.3, 0.4) is 0 Å². The van der Waals surface area contributed by atoms with Gasteiger partial charge in [-0.3, -0.25) is 14.8 Å². The van der Waals surface area contributed by atoms with Gasteiger partial charge in [-0.2, -0.15) is 5.26 Å². The van der Waals surface area contributed by atoms with E-state index in [2.05, 4.69) is 45.1 Å². The fraction of sp³-hybridized carbons (Fsp3) is 0.333. The van der Waals surface area contributed by atoms with Gasteiger partial charge in [-0.15, -0.1) is 0 Å². The van der Waals surface area contributed by atoms with E-state index in [9.17, 15) is 5.26 Å². The summed E-state index contributed by atoms with van der Waals surface area (Å²) in [7, 11) is 0. The lowest BCUT2D eigenvalue weighted by Crippen LogP contribution is -2.46. The average molecular weight is 292 g/mol. The van der Waals surface area contributed by atoms with Gasteiger partial charge in [0.2, 0.25) is 0 Å². The van der Waals surface area contributed by atoms with Crippen molar-refractivity contribution in [2.75, 3.05) is 26.2 Å². The molecule has 0 amide bonds. The fourth-order valence-corrected chi connectivity index (χ4v) is 2.93. The zero-order valence-electron chi connectivity index (χ0n) is 12.6. The second kappa shape index (κ2) is 7.17. The number of rotatable bonds is 4. The van der Waals surface area contributed by atoms with Crippen molar-refractivity contribution in [2.24, 2.45) is 0 Å². The van der Waals surface area contributed by atoms with Gasteiger partial charge >= 0.3 is 0 Å². The second-order valence-corrected chi connectivity index (χ2v) is 5.62. The Bertz CT molecular complexity index is 613. The van der Waals surface area contributed by atoms with Gasteiger partial charge in [0.15, 0.2) is 0 Å². The normalized spacial score (nSPS) is 17.8. The summed E-state index contributed by atoms with van der Waals surface area (Å²) in [5, 5.41) is 9.50. The first kappa shape index (κ1) is 14.7. The predicted molar refractivity (Wildman–Crippen MR) is 85.9 cm³/mol. The summed E-state index contributed by atoms with van der Waals surface area (Å²) in [6, 6.07) is 16.7. The third-order valence-corrected chi connectivity index (χ3v) is 4.14.